The Morgan fingerprint density at radius 1 is 1.26 bits per heavy atom. The normalized spacial score (nSPS) is 11.4. The average Bonchev–Trinajstić information content (AvgIpc) is 3.19. The first-order chi connectivity index (χ1) is 14.9. The maximum Gasteiger partial charge on any atom is 0.250 e. The van der Waals surface area contributed by atoms with Gasteiger partial charge in [0, 0.05) is 22.7 Å². The Labute approximate surface area is 189 Å². The molecule has 1 aromatic heterocycles. The van der Waals surface area contributed by atoms with E-state index in [0.29, 0.717) is 28.2 Å². The SMILES string of the molecule is CCn1c(SCC(=O)N/N=C(\C)c2ccc(O)c(OC)c2)nnc1-c1ccc(Cl)cc1. The van der Waals surface area contributed by atoms with E-state index in [1.165, 1.54) is 24.9 Å². The third-order valence-corrected chi connectivity index (χ3v) is 5.63. The van der Waals surface area contributed by atoms with Crippen LogP contribution in [0.5, 0.6) is 11.5 Å². The van der Waals surface area contributed by atoms with Gasteiger partial charge in [0.15, 0.2) is 22.5 Å². The van der Waals surface area contributed by atoms with Gasteiger partial charge in [0.1, 0.15) is 0 Å². The molecule has 0 radical (unpaired) electrons. The molecule has 3 rings (SSSR count). The number of aromatic hydroxyl groups is 1. The van der Waals surface area contributed by atoms with Crippen molar-refractivity contribution < 1.29 is 14.6 Å². The lowest BCUT2D eigenvalue weighted by Crippen LogP contribution is -2.21. The highest BCUT2D eigenvalue weighted by molar-refractivity contribution is 7.99. The van der Waals surface area contributed by atoms with Crippen molar-refractivity contribution >= 4 is 35.0 Å². The Kier molecular flexibility index (Phi) is 7.54. The quantitative estimate of drug-likeness (QED) is 0.300. The van der Waals surface area contributed by atoms with E-state index in [-0.39, 0.29) is 17.4 Å². The number of carbonyl (C=O) groups is 1. The van der Waals surface area contributed by atoms with Gasteiger partial charge in [0.05, 0.1) is 18.6 Å². The smallest absolute Gasteiger partial charge is 0.250 e. The minimum absolute atomic E-state index is 0.0393. The maximum absolute atomic E-state index is 12.3. The lowest BCUT2D eigenvalue weighted by Gasteiger charge is -2.08. The van der Waals surface area contributed by atoms with E-state index in [9.17, 15) is 9.90 Å². The Morgan fingerprint density at radius 3 is 2.68 bits per heavy atom. The molecule has 0 saturated carbocycles. The summed E-state index contributed by atoms with van der Waals surface area (Å²) >= 11 is 7.24. The molecule has 1 amide bonds. The molecule has 0 bridgehead atoms. The predicted octanol–water partition coefficient (Wildman–Crippen LogP) is 3.97. The number of ether oxygens (including phenoxy) is 1. The van der Waals surface area contributed by atoms with E-state index in [2.05, 4.69) is 20.7 Å². The molecule has 0 saturated heterocycles. The van der Waals surface area contributed by atoms with Crippen LogP contribution in [0.2, 0.25) is 5.02 Å². The van der Waals surface area contributed by atoms with Crippen LogP contribution in [0, 0.1) is 0 Å². The number of phenolic OH excluding ortho intramolecular Hbond substituents is 1. The monoisotopic (exact) mass is 459 g/mol. The Bertz CT molecular complexity index is 1100. The zero-order valence-corrected chi connectivity index (χ0v) is 18.9. The molecule has 31 heavy (non-hydrogen) atoms. The standard InChI is InChI=1S/C21H22ClN5O3S/c1-4-27-20(14-5-8-16(22)9-6-14)25-26-21(27)31-12-19(29)24-23-13(2)15-7-10-17(28)18(11-15)30-3/h5-11,28H,4,12H2,1-3H3,(H,24,29)/b23-13+. The second-order valence-electron chi connectivity index (χ2n) is 6.46. The van der Waals surface area contributed by atoms with Crippen LogP contribution in [0.3, 0.4) is 0 Å². The molecule has 1 heterocycles. The number of carbonyl (C=O) groups excluding carboxylic acids is 1. The van der Waals surface area contributed by atoms with Gasteiger partial charge >= 0.3 is 0 Å². The fraction of sp³-hybridized carbons (Fsp3) is 0.238. The molecule has 2 aromatic carbocycles. The Morgan fingerprint density at radius 2 is 2.00 bits per heavy atom. The van der Waals surface area contributed by atoms with Gasteiger partial charge in [-0.05, 0) is 56.3 Å². The summed E-state index contributed by atoms with van der Waals surface area (Å²) in [6.07, 6.45) is 0. The molecule has 8 nitrogen and oxygen atoms in total. The van der Waals surface area contributed by atoms with E-state index >= 15 is 0 Å². The number of halogens is 1. The van der Waals surface area contributed by atoms with Crippen LogP contribution >= 0.6 is 23.4 Å². The minimum Gasteiger partial charge on any atom is -0.504 e. The van der Waals surface area contributed by atoms with Crippen molar-refractivity contribution in [3.8, 4) is 22.9 Å². The van der Waals surface area contributed by atoms with Crippen molar-refractivity contribution in [3.05, 3.63) is 53.1 Å². The molecule has 162 valence electrons. The maximum atomic E-state index is 12.3. The summed E-state index contributed by atoms with van der Waals surface area (Å²) in [5.41, 5.74) is 4.75. The molecular weight excluding hydrogens is 438 g/mol. The minimum atomic E-state index is -0.270. The molecule has 0 aliphatic rings. The van der Waals surface area contributed by atoms with E-state index in [4.69, 9.17) is 16.3 Å². The number of nitrogens with one attached hydrogen (secondary N) is 1. The summed E-state index contributed by atoms with van der Waals surface area (Å²) in [4.78, 5) is 12.3. The van der Waals surface area contributed by atoms with E-state index in [0.717, 1.165) is 17.0 Å². The number of rotatable bonds is 8. The largest absolute Gasteiger partial charge is 0.504 e. The first kappa shape index (κ1) is 22.6. The predicted molar refractivity (Wildman–Crippen MR) is 122 cm³/mol. The Hall–Kier alpha value is -3.04. The van der Waals surface area contributed by atoms with Crippen LogP contribution in [0.25, 0.3) is 11.4 Å². The van der Waals surface area contributed by atoms with Gasteiger partial charge in [-0.3, -0.25) is 4.79 Å². The van der Waals surface area contributed by atoms with E-state index in [1.54, 1.807) is 31.2 Å². The van der Waals surface area contributed by atoms with Crippen molar-refractivity contribution in [1.82, 2.24) is 20.2 Å². The number of aromatic nitrogens is 3. The van der Waals surface area contributed by atoms with Crippen LogP contribution in [-0.2, 0) is 11.3 Å². The highest BCUT2D eigenvalue weighted by Crippen LogP contribution is 2.27. The number of hydrogen-bond donors (Lipinski definition) is 2. The number of hydrogen-bond acceptors (Lipinski definition) is 7. The first-order valence-electron chi connectivity index (χ1n) is 9.45. The topological polar surface area (TPSA) is 102 Å². The van der Waals surface area contributed by atoms with Gasteiger partial charge < -0.3 is 14.4 Å². The van der Waals surface area contributed by atoms with Crippen LogP contribution < -0.4 is 10.2 Å². The zero-order chi connectivity index (χ0) is 22.4. The first-order valence-corrected chi connectivity index (χ1v) is 10.8. The third kappa shape index (κ3) is 5.56. The molecule has 0 atom stereocenters. The molecule has 0 aliphatic heterocycles. The van der Waals surface area contributed by atoms with E-state index in [1.807, 2.05) is 23.6 Å². The number of benzene rings is 2. The molecular formula is C21H22ClN5O3S. The number of hydrazone groups is 1. The summed E-state index contributed by atoms with van der Waals surface area (Å²) < 4.78 is 7.04. The van der Waals surface area contributed by atoms with Gasteiger partial charge in [-0.25, -0.2) is 5.43 Å². The van der Waals surface area contributed by atoms with Crippen molar-refractivity contribution in [1.29, 1.82) is 0 Å². The van der Waals surface area contributed by atoms with Crippen molar-refractivity contribution in [2.75, 3.05) is 12.9 Å². The van der Waals surface area contributed by atoms with Crippen LogP contribution in [0.1, 0.15) is 19.4 Å². The van der Waals surface area contributed by atoms with Crippen LogP contribution in [-0.4, -0.2) is 44.4 Å². The van der Waals surface area contributed by atoms with Crippen molar-refractivity contribution in [3.63, 3.8) is 0 Å². The van der Waals surface area contributed by atoms with Gasteiger partial charge in [-0.2, -0.15) is 5.10 Å². The zero-order valence-electron chi connectivity index (χ0n) is 17.3. The van der Waals surface area contributed by atoms with Gasteiger partial charge in [0.2, 0.25) is 0 Å². The average molecular weight is 460 g/mol. The third-order valence-electron chi connectivity index (χ3n) is 4.41. The lowest BCUT2D eigenvalue weighted by atomic mass is 10.1. The summed E-state index contributed by atoms with van der Waals surface area (Å²) in [5, 5.41) is 23.6. The fourth-order valence-electron chi connectivity index (χ4n) is 2.77. The number of methoxy groups -OCH3 is 1. The van der Waals surface area contributed by atoms with Gasteiger partial charge in [-0.15, -0.1) is 10.2 Å². The summed E-state index contributed by atoms with van der Waals surface area (Å²) in [5.74, 6) is 0.960. The molecule has 0 fully saturated rings. The lowest BCUT2D eigenvalue weighted by molar-refractivity contribution is -0.118. The van der Waals surface area contributed by atoms with E-state index < -0.39 is 0 Å². The summed E-state index contributed by atoms with van der Waals surface area (Å²) in [6, 6.07) is 12.2. The molecule has 3 aromatic rings. The number of phenols is 1. The number of amides is 1. The molecule has 10 heteroatoms. The number of thioether (sulfide) groups is 1. The Balaban J connectivity index is 1.63. The van der Waals surface area contributed by atoms with Crippen LogP contribution in [0.4, 0.5) is 0 Å². The second kappa shape index (κ2) is 10.3. The van der Waals surface area contributed by atoms with Gasteiger partial charge in [-0.1, -0.05) is 23.4 Å². The molecule has 0 aliphatic carbocycles. The van der Waals surface area contributed by atoms with Gasteiger partial charge in [0.25, 0.3) is 5.91 Å². The molecule has 2 N–H and O–H groups in total. The summed E-state index contributed by atoms with van der Waals surface area (Å²) in [7, 11) is 1.47. The van der Waals surface area contributed by atoms with Crippen LogP contribution in [0.15, 0.2) is 52.7 Å². The highest BCUT2D eigenvalue weighted by atomic mass is 35.5. The fourth-order valence-corrected chi connectivity index (χ4v) is 3.69. The highest BCUT2D eigenvalue weighted by Gasteiger charge is 2.14. The van der Waals surface area contributed by atoms with Crippen molar-refractivity contribution in [2.45, 2.75) is 25.5 Å². The molecule has 0 unspecified atom stereocenters. The number of nitrogens with zero attached hydrogens (tertiary/aromatic N) is 4. The van der Waals surface area contributed by atoms with Crippen molar-refractivity contribution in [2.24, 2.45) is 5.10 Å². The second-order valence-corrected chi connectivity index (χ2v) is 7.84. The molecule has 0 spiro atoms. The summed E-state index contributed by atoms with van der Waals surface area (Å²) in [6.45, 7) is 4.41.